The van der Waals surface area contributed by atoms with Crippen molar-refractivity contribution >= 4 is 17.4 Å². The van der Waals surface area contributed by atoms with E-state index in [1.807, 2.05) is 13.0 Å². The molecule has 7 nitrogen and oxygen atoms in total. The van der Waals surface area contributed by atoms with Crippen molar-refractivity contribution in [2.75, 3.05) is 11.9 Å². The van der Waals surface area contributed by atoms with Crippen molar-refractivity contribution < 1.29 is 29.3 Å². The van der Waals surface area contributed by atoms with Gasteiger partial charge in [0, 0.05) is 18.5 Å². The van der Waals surface area contributed by atoms with Gasteiger partial charge in [-0.05, 0) is 44.2 Å². The van der Waals surface area contributed by atoms with Crippen LogP contribution >= 0.6 is 0 Å². The molecule has 1 aliphatic rings. The van der Waals surface area contributed by atoms with Gasteiger partial charge in [-0.3, -0.25) is 4.79 Å². The summed E-state index contributed by atoms with van der Waals surface area (Å²) in [4.78, 5) is 24.0. The fourth-order valence-electron chi connectivity index (χ4n) is 2.73. The zero-order valence-electron chi connectivity index (χ0n) is 14.9. The van der Waals surface area contributed by atoms with Crippen LogP contribution in [0.2, 0.25) is 0 Å². The lowest BCUT2D eigenvalue weighted by atomic mass is 9.98. The normalized spacial score (nSPS) is 17.3. The highest BCUT2D eigenvalue weighted by Gasteiger charge is 2.32. The Morgan fingerprint density at radius 3 is 2.78 bits per heavy atom. The number of phenols is 1. The van der Waals surface area contributed by atoms with E-state index < -0.39 is 12.3 Å². The van der Waals surface area contributed by atoms with Gasteiger partial charge in [0.05, 0.1) is 11.1 Å². The Hall–Kier alpha value is -3.32. The van der Waals surface area contributed by atoms with Gasteiger partial charge in [-0.25, -0.2) is 4.79 Å². The standard InChI is InChI=1S/C20H19NO6/c1-3-26-20-15(18(23)14-8-11(2)4-7-17(14)27-20)10-21-12-5-6-16(22)13(9-12)19(24)25/h4-10,20-22H,3H2,1-2H3,(H,24,25)/b15-10-/t20-/m1/s1. The number of hydrogen-bond donors (Lipinski definition) is 3. The quantitative estimate of drug-likeness (QED) is 0.548. The van der Waals surface area contributed by atoms with Crippen LogP contribution in [0.15, 0.2) is 48.2 Å². The maximum atomic E-state index is 12.9. The Morgan fingerprint density at radius 1 is 1.30 bits per heavy atom. The van der Waals surface area contributed by atoms with E-state index in [1.54, 1.807) is 19.1 Å². The zero-order valence-corrected chi connectivity index (χ0v) is 14.9. The molecule has 1 aliphatic heterocycles. The lowest BCUT2D eigenvalue weighted by Gasteiger charge is -2.27. The molecule has 3 N–H and O–H groups in total. The van der Waals surface area contributed by atoms with Crippen LogP contribution in [0.25, 0.3) is 0 Å². The Labute approximate surface area is 155 Å². The van der Waals surface area contributed by atoms with E-state index in [1.165, 1.54) is 24.4 Å². The van der Waals surface area contributed by atoms with E-state index >= 15 is 0 Å². The molecule has 0 saturated heterocycles. The first kappa shape index (κ1) is 18.5. The Bertz CT molecular complexity index is 934. The fraction of sp³-hybridized carbons (Fsp3) is 0.200. The van der Waals surface area contributed by atoms with Gasteiger partial charge in [-0.2, -0.15) is 0 Å². The van der Waals surface area contributed by atoms with E-state index in [9.17, 15) is 14.7 Å². The van der Waals surface area contributed by atoms with Crippen LogP contribution in [0.3, 0.4) is 0 Å². The Morgan fingerprint density at radius 2 is 2.07 bits per heavy atom. The number of carbonyl (C=O) groups is 2. The molecular formula is C20H19NO6. The summed E-state index contributed by atoms with van der Waals surface area (Å²) in [5.41, 5.74) is 1.79. The molecule has 1 atom stereocenters. The third kappa shape index (κ3) is 3.78. The topological polar surface area (TPSA) is 105 Å². The minimum Gasteiger partial charge on any atom is -0.507 e. The summed E-state index contributed by atoms with van der Waals surface area (Å²) < 4.78 is 11.3. The molecule has 0 spiro atoms. The molecule has 27 heavy (non-hydrogen) atoms. The van der Waals surface area contributed by atoms with Gasteiger partial charge in [0.15, 0.2) is 5.78 Å². The van der Waals surface area contributed by atoms with E-state index in [4.69, 9.17) is 14.6 Å². The molecule has 0 saturated carbocycles. The van der Waals surface area contributed by atoms with E-state index in [0.717, 1.165) is 5.56 Å². The first-order chi connectivity index (χ1) is 12.9. The number of carbonyl (C=O) groups excluding carboxylic acids is 1. The van der Waals surface area contributed by atoms with Gasteiger partial charge < -0.3 is 25.0 Å². The predicted octanol–water partition coefficient (Wildman–Crippen LogP) is 3.33. The molecule has 0 aliphatic carbocycles. The van der Waals surface area contributed by atoms with E-state index in [2.05, 4.69) is 5.32 Å². The molecule has 3 rings (SSSR count). The largest absolute Gasteiger partial charge is 0.507 e. The number of aryl methyl sites for hydroxylation is 1. The summed E-state index contributed by atoms with van der Waals surface area (Å²) in [6.45, 7) is 4.02. The highest BCUT2D eigenvalue weighted by molar-refractivity contribution is 6.12. The number of anilines is 1. The van der Waals surface area contributed by atoms with Gasteiger partial charge in [-0.1, -0.05) is 11.6 Å². The summed E-state index contributed by atoms with van der Waals surface area (Å²) in [6, 6.07) is 9.38. The monoisotopic (exact) mass is 369 g/mol. The minimum atomic E-state index is -1.25. The smallest absolute Gasteiger partial charge is 0.339 e. The number of ether oxygens (including phenoxy) is 2. The number of rotatable bonds is 5. The number of Topliss-reactive ketones (excluding diaryl/α,β-unsaturated/α-hetero) is 1. The van der Waals surface area contributed by atoms with Crippen LogP contribution in [0, 0.1) is 6.92 Å². The highest BCUT2D eigenvalue weighted by atomic mass is 16.7. The summed E-state index contributed by atoms with van der Waals surface area (Å²) >= 11 is 0. The van der Waals surface area contributed by atoms with Crippen molar-refractivity contribution in [1.29, 1.82) is 0 Å². The highest BCUT2D eigenvalue weighted by Crippen LogP contribution is 2.32. The second kappa shape index (κ2) is 7.51. The van der Waals surface area contributed by atoms with E-state index in [-0.39, 0.29) is 22.7 Å². The molecule has 0 radical (unpaired) electrons. The average Bonchev–Trinajstić information content (AvgIpc) is 2.63. The second-order valence-corrected chi connectivity index (χ2v) is 6.01. The van der Waals surface area contributed by atoms with Crippen LogP contribution in [0.5, 0.6) is 11.5 Å². The minimum absolute atomic E-state index is 0.233. The van der Waals surface area contributed by atoms with Gasteiger partial charge >= 0.3 is 5.97 Å². The van der Waals surface area contributed by atoms with Crippen LogP contribution in [0.4, 0.5) is 5.69 Å². The predicted molar refractivity (Wildman–Crippen MR) is 98.3 cm³/mol. The Balaban J connectivity index is 1.94. The van der Waals surface area contributed by atoms with Crippen LogP contribution in [-0.4, -0.2) is 34.9 Å². The number of nitrogens with one attached hydrogen (secondary N) is 1. The van der Waals surface area contributed by atoms with E-state index in [0.29, 0.717) is 23.6 Å². The van der Waals surface area contributed by atoms with Crippen molar-refractivity contribution in [3.8, 4) is 11.5 Å². The number of fused-ring (bicyclic) bond motifs is 1. The number of carboxylic acids is 1. The van der Waals surface area contributed by atoms with Crippen LogP contribution < -0.4 is 10.1 Å². The number of aromatic carboxylic acids is 1. The first-order valence-corrected chi connectivity index (χ1v) is 8.37. The first-order valence-electron chi connectivity index (χ1n) is 8.37. The van der Waals surface area contributed by atoms with Crippen molar-refractivity contribution in [1.82, 2.24) is 0 Å². The summed E-state index contributed by atoms with van der Waals surface area (Å²) in [5.74, 6) is -1.37. The lowest BCUT2D eigenvalue weighted by molar-refractivity contribution is -0.0509. The van der Waals surface area contributed by atoms with Crippen molar-refractivity contribution in [3.05, 3.63) is 64.9 Å². The molecule has 1 heterocycles. The third-order valence-electron chi connectivity index (χ3n) is 4.07. The fourth-order valence-corrected chi connectivity index (χ4v) is 2.73. The molecule has 0 unspecified atom stereocenters. The SMILES string of the molecule is CCO[C@@H]1Oc2ccc(C)cc2C(=O)/C1=C/Nc1ccc(O)c(C(=O)O)c1. The van der Waals surface area contributed by atoms with Crippen molar-refractivity contribution in [2.24, 2.45) is 0 Å². The average molecular weight is 369 g/mol. The second-order valence-electron chi connectivity index (χ2n) is 6.01. The molecule has 0 amide bonds. The number of carboxylic acid groups (broad SMARTS) is 1. The van der Waals surface area contributed by atoms with Crippen LogP contribution in [-0.2, 0) is 4.74 Å². The van der Waals surface area contributed by atoms with Gasteiger partial charge in [0.2, 0.25) is 6.29 Å². The molecule has 140 valence electrons. The van der Waals surface area contributed by atoms with Crippen molar-refractivity contribution in [2.45, 2.75) is 20.1 Å². The molecular weight excluding hydrogens is 350 g/mol. The zero-order chi connectivity index (χ0) is 19.6. The summed E-state index contributed by atoms with van der Waals surface area (Å²) in [6.07, 6.45) is 0.563. The van der Waals surface area contributed by atoms with Gasteiger partial charge in [0.25, 0.3) is 0 Å². The number of hydrogen-bond acceptors (Lipinski definition) is 6. The van der Waals surface area contributed by atoms with Crippen LogP contribution in [0.1, 0.15) is 33.2 Å². The molecule has 2 aromatic carbocycles. The summed E-state index contributed by atoms with van der Waals surface area (Å²) in [7, 11) is 0. The number of benzene rings is 2. The van der Waals surface area contributed by atoms with Crippen molar-refractivity contribution in [3.63, 3.8) is 0 Å². The molecule has 0 fully saturated rings. The molecule has 2 aromatic rings. The van der Waals surface area contributed by atoms with Gasteiger partial charge in [-0.15, -0.1) is 0 Å². The maximum absolute atomic E-state index is 12.9. The Kier molecular flexibility index (Phi) is 5.14. The third-order valence-corrected chi connectivity index (χ3v) is 4.07. The molecule has 0 aromatic heterocycles. The number of ketones is 1. The number of aromatic hydroxyl groups is 1. The maximum Gasteiger partial charge on any atom is 0.339 e. The van der Waals surface area contributed by atoms with Gasteiger partial charge in [0.1, 0.15) is 17.1 Å². The lowest BCUT2D eigenvalue weighted by Crippen LogP contribution is -2.33. The molecule has 0 bridgehead atoms. The molecule has 7 heteroatoms. The summed E-state index contributed by atoms with van der Waals surface area (Å²) in [5, 5.41) is 21.6.